The summed E-state index contributed by atoms with van der Waals surface area (Å²) in [6.07, 6.45) is 2.05. The highest BCUT2D eigenvalue weighted by Gasteiger charge is 2.47. The van der Waals surface area contributed by atoms with Crippen molar-refractivity contribution in [2.75, 3.05) is 6.26 Å². The first kappa shape index (κ1) is 20.6. The summed E-state index contributed by atoms with van der Waals surface area (Å²) in [6, 6.07) is 10.2. The summed E-state index contributed by atoms with van der Waals surface area (Å²) in [7, 11) is -3.35. The Morgan fingerprint density at radius 3 is 2.11 bits per heavy atom. The molecule has 0 saturated carbocycles. The number of Topliss-reactive ketones (excluding diaryl/α,β-unsaturated/α-hetero) is 1. The molecule has 1 aliphatic heterocycles. The fourth-order valence-electron chi connectivity index (χ4n) is 3.31. The van der Waals surface area contributed by atoms with Crippen molar-refractivity contribution in [3.05, 3.63) is 64.4 Å². The average Bonchev–Trinajstić information content (AvgIpc) is 2.96. The van der Waals surface area contributed by atoms with Gasteiger partial charge in [0.25, 0.3) is 0 Å². The fourth-order valence-corrected chi connectivity index (χ4v) is 4.12. The molecule has 1 heterocycles. The third-order valence-corrected chi connectivity index (χ3v) is 6.48. The van der Waals surface area contributed by atoms with Crippen LogP contribution in [0.2, 0.25) is 5.02 Å². The molecule has 0 spiro atoms. The maximum Gasteiger partial charge on any atom is 0.210 e. The minimum absolute atomic E-state index is 0.0879. The number of hydrogen-bond donors (Lipinski definition) is 0. The Kier molecular flexibility index (Phi) is 5.38. The summed E-state index contributed by atoms with van der Waals surface area (Å²) in [6.45, 7) is 3.73. The highest BCUT2D eigenvalue weighted by molar-refractivity contribution is 7.90. The van der Waals surface area contributed by atoms with Gasteiger partial charge in [-0.25, -0.2) is 12.8 Å². The van der Waals surface area contributed by atoms with Gasteiger partial charge in [-0.3, -0.25) is 4.79 Å². The Balaban J connectivity index is 2.20. The molecule has 0 amide bonds. The van der Waals surface area contributed by atoms with Crippen LogP contribution in [0.4, 0.5) is 4.39 Å². The van der Waals surface area contributed by atoms with E-state index >= 15 is 0 Å². The van der Waals surface area contributed by atoms with E-state index in [0.29, 0.717) is 35.3 Å². The van der Waals surface area contributed by atoms with Crippen molar-refractivity contribution in [3.63, 3.8) is 0 Å². The molecule has 7 heteroatoms. The summed E-state index contributed by atoms with van der Waals surface area (Å²) in [4.78, 5) is 13.5. The lowest BCUT2D eigenvalue weighted by Crippen LogP contribution is -2.35. The number of ether oxygens (including phenoxy) is 1. The number of sulfone groups is 1. The van der Waals surface area contributed by atoms with Crippen molar-refractivity contribution in [2.45, 2.75) is 37.2 Å². The second-order valence-electron chi connectivity index (χ2n) is 6.76. The maximum absolute atomic E-state index is 13.6. The van der Waals surface area contributed by atoms with Gasteiger partial charge in [-0.05, 0) is 54.8 Å². The van der Waals surface area contributed by atoms with Gasteiger partial charge in [-0.15, -0.1) is 0 Å². The maximum atomic E-state index is 13.6. The molecule has 2 aromatic rings. The van der Waals surface area contributed by atoms with Crippen molar-refractivity contribution in [3.8, 4) is 0 Å². The molecule has 0 aromatic heterocycles. The van der Waals surface area contributed by atoms with Crippen molar-refractivity contribution in [1.82, 2.24) is 0 Å². The van der Waals surface area contributed by atoms with E-state index in [2.05, 4.69) is 0 Å². The normalized spacial score (nSPS) is 16.4. The van der Waals surface area contributed by atoms with E-state index in [1.54, 1.807) is 12.1 Å². The molecule has 4 nitrogen and oxygen atoms in total. The molecule has 0 fully saturated rings. The molecule has 0 unspecified atom stereocenters. The summed E-state index contributed by atoms with van der Waals surface area (Å²) >= 11 is 5.93. The van der Waals surface area contributed by atoms with E-state index in [4.69, 9.17) is 16.3 Å². The molecule has 0 saturated heterocycles. The summed E-state index contributed by atoms with van der Waals surface area (Å²) in [5.74, 6) is -0.424. The summed E-state index contributed by atoms with van der Waals surface area (Å²) in [5.41, 5.74) is 0.334. The van der Waals surface area contributed by atoms with Crippen LogP contribution in [0.3, 0.4) is 0 Å². The Bertz CT molecular complexity index is 1070. The summed E-state index contributed by atoms with van der Waals surface area (Å²) in [5, 5.41) is -0.0879. The largest absolute Gasteiger partial charge is 0.478 e. The van der Waals surface area contributed by atoms with Gasteiger partial charge in [-0.1, -0.05) is 31.5 Å². The van der Waals surface area contributed by atoms with Crippen LogP contribution in [-0.2, 0) is 19.4 Å². The van der Waals surface area contributed by atoms with Crippen LogP contribution in [0.1, 0.15) is 37.8 Å². The van der Waals surface area contributed by atoms with E-state index in [1.807, 2.05) is 13.8 Å². The smallest absolute Gasteiger partial charge is 0.210 e. The lowest BCUT2D eigenvalue weighted by Gasteiger charge is -2.25. The van der Waals surface area contributed by atoms with Gasteiger partial charge in [0.15, 0.2) is 15.4 Å². The zero-order valence-electron chi connectivity index (χ0n) is 15.8. The molecule has 0 atom stereocenters. The Labute approximate surface area is 168 Å². The molecule has 0 aliphatic carbocycles. The number of carbonyl (C=O) groups is 1. The van der Waals surface area contributed by atoms with Crippen molar-refractivity contribution in [2.24, 2.45) is 0 Å². The zero-order chi connectivity index (χ0) is 20.7. The molecule has 0 radical (unpaired) electrons. The second-order valence-corrected chi connectivity index (χ2v) is 9.19. The van der Waals surface area contributed by atoms with E-state index in [9.17, 15) is 17.6 Å². The lowest BCUT2D eigenvalue weighted by atomic mass is 9.86. The molecule has 0 bridgehead atoms. The zero-order valence-corrected chi connectivity index (χ0v) is 17.3. The van der Waals surface area contributed by atoms with Crippen LogP contribution in [0, 0.1) is 5.82 Å². The number of rotatable bonds is 5. The molecular weight excluding hydrogens is 403 g/mol. The predicted molar refractivity (Wildman–Crippen MR) is 107 cm³/mol. The van der Waals surface area contributed by atoms with Gasteiger partial charge in [0.05, 0.1) is 15.5 Å². The predicted octanol–water partition coefficient (Wildman–Crippen LogP) is 4.91. The number of ketones is 1. The van der Waals surface area contributed by atoms with E-state index < -0.39 is 21.3 Å². The topological polar surface area (TPSA) is 60.4 Å². The van der Waals surface area contributed by atoms with Gasteiger partial charge >= 0.3 is 0 Å². The molecule has 28 heavy (non-hydrogen) atoms. The van der Waals surface area contributed by atoms with Crippen LogP contribution >= 0.6 is 11.6 Å². The standard InChI is InChI=1S/C21H20ClFO4S/c1-4-21(5-2)20(24)18(14-8-11-17(23)16(22)12-14)19(27-21)13-6-9-15(10-7-13)28(3,25)26/h6-12H,4-5H2,1-3H3. The van der Waals surface area contributed by atoms with Crippen molar-refractivity contribution < 1.29 is 22.3 Å². The minimum atomic E-state index is -3.35. The number of hydrogen-bond acceptors (Lipinski definition) is 4. The third-order valence-electron chi connectivity index (χ3n) is 5.06. The minimum Gasteiger partial charge on any atom is -0.478 e. The molecule has 0 N–H and O–H groups in total. The molecule has 1 aliphatic rings. The van der Waals surface area contributed by atoms with E-state index in [1.165, 1.54) is 30.3 Å². The Hall–Kier alpha value is -2.18. The fraction of sp³-hybridized carbons (Fsp3) is 0.286. The molecule has 2 aromatic carbocycles. The Morgan fingerprint density at radius 2 is 1.61 bits per heavy atom. The molecule has 3 rings (SSSR count). The third kappa shape index (κ3) is 3.47. The van der Waals surface area contributed by atoms with Crippen LogP contribution < -0.4 is 0 Å². The first-order chi connectivity index (χ1) is 13.1. The van der Waals surface area contributed by atoms with Crippen LogP contribution in [0.25, 0.3) is 11.3 Å². The van der Waals surface area contributed by atoms with Crippen molar-refractivity contribution in [1.29, 1.82) is 0 Å². The molecule has 148 valence electrons. The van der Waals surface area contributed by atoms with E-state index in [-0.39, 0.29) is 15.7 Å². The highest BCUT2D eigenvalue weighted by Crippen LogP contribution is 2.45. The quantitative estimate of drug-likeness (QED) is 0.686. The van der Waals surface area contributed by atoms with Gasteiger partial charge in [0, 0.05) is 11.8 Å². The van der Waals surface area contributed by atoms with Gasteiger partial charge in [0.2, 0.25) is 5.78 Å². The van der Waals surface area contributed by atoms with Gasteiger partial charge in [0.1, 0.15) is 11.6 Å². The SMILES string of the molecule is CCC1(CC)OC(c2ccc(S(C)(=O)=O)cc2)=C(c2ccc(F)c(Cl)c2)C1=O. The first-order valence-corrected chi connectivity index (χ1v) is 11.1. The number of halogens is 2. The van der Waals surface area contributed by atoms with Crippen molar-refractivity contribution >= 4 is 38.6 Å². The van der Waals surface area contributed by atoms with Gasteiger partial charge < -0.3 is 4.74 Å². The van der Waals surface area contributed by atoms with Gasteiger partial charge in [-0.2, -0.15) is 0 Å². The molecular formula is C21H20ClFO4S. The average molecular weight is 423 g/mol. The lowest BCUT2D eigenvalue weighted by molar-refractivity contribution is -0.128. The highest BCUT2D eigenvalue weighted by atomic mass is 35.5. The summed E-state index contributed by atoms with van der Waals surface area (Å²) < 4.78 is 43.2. The second kappa shape index (κ2) is 7.33. The van der Waals surface area contributed by atoms with Crippen LogP contribution in [-0.4, -0.2) is 26.1 Å². The van der Waals surface area contributed by atoms with Crippen LogP contribution in [0.15, 0.2) is 47.4 Å². The Morgan fingerprint density at radius 1 is 1.04 bits per heavy atom. The number of carbonyl (C=O) groups excluding carboxylic acids is 1. The first-order valence-electron chi connectivity index (χ1n) is 8.87. The van der Waals surface area contributed by atoms with E-state index in [0.717, 1.165) is 6.26 Å². The monoisotopic (exact) mass is 422 g/mol. The van der Waals surface area contributed by atoms with Crippen LogP contribution in [0.5, 0.6) is 0 Å². The number of benzene rings is 2.